The van der Waals surface area contributed by atoms with E-state index in [-0.39, 0.29) is 29.0 Å². The Balaban J connectivity index is 1.56. The molecule has 156 valence electrons. The summed E-state index contributed by atoms with van der Waals surface area (Å²) in [5.41, 5.74) is 0.337. The first-order valence-electron chi connectivity index (χ1n) is 9.93. The van der Waals surface area contributed by atoms with E-state index in [1.807, 2.05) is 28.5 Å². The van der Waals surface area contributed by atoms with E-state index in [1.54, 1.807) is 24.3 Å². The Bertz CT molecular complexity index is 989. The number of nitrogens with zero attached hydrogens (tertiary/aromatic N) is 3. The molecule has 0 bridgehead atoms. The van der Waals surface area contributed by atoms with Crippen LogP contribution < -0.4 is 0 Å². The standard InChI is InChI=1S/C20H25N3O4S2/c1-15-19(18(27-21-15)9-8-17-7-5-13-28-17)29(25,26)23-12-4-6-16(14-23)20(24)22-10-2-3-11-22/h5,7-9,13,16H,2-4,6,10-12,14H2,1H3/b9-8+. The highest BCUT2D eigenvalue weighted by Crippen LogP contribution is 2.30. The second-order valence-electron chi connectivity index (χ2n) is 7.54. The highest BCUT2D eigenvalue weighted by molar-refractivity contribution is 7.89. The molecule has 2 aromatic rings. The fraction of sp³-hybridized carbons (Fsp3) is 0.500. The van der Waals surface area contributed by atoms with Crippen molar-refractivity contribution in [3.05, 3.63) is 33.8 Å². The average Bonchev–Trinajstić information content (AvgIpc) is 3.48. The molecular weight excluding hydrogens is 410 g/mol. The lowest BCUT2D eigenvalue weighted by Crippen LogP contribution is -2.46. The maximum Gasteiger partial charge on any atom is 0.248 e. The van der Waals surface area contributed by atoms with E-state index in [0.717, 1.165) is 37.2 Å². The summed E-state index contributed by atoms with van der Waals surface area (Å²) in [5.74, 6) is 0.0352. The van der Waals surface area contributed by atoms with Gasteiger partial charge in [-0.3, -0.25) is 4.79 Å². The van der Waals surface area contributed by atoms with Gasteiger partial charge in [-0.05, 0) is 56.2 Å². The molecule has 4 rings (SSSR count). The number of hydrogen-bond donors (Lipinski definition) is 0. The Hall–Kier alpha value is -1.97. The van der Waals surface area contributed by atoms with Crippen LogP contribution in [0.1, 0.15) is 42.0 Å². The summed E-state index contributed by atoms with van der Waals surface area (Å²) in [6.45, 7) is 3.83. The van der Waals surface area contributed by atoms with Crippen LogP contribution in [0.15, 0.2) is 26.9 Å². The number of carbonyl (C=O) groups is 1. The van der Waals surface area contributed by atoms with Crippen LogP contribution in [0.4, 0.5) is 0 Å². The number of thiophene rings is 1. The third-order valence-corrected chi connectivity index (χ3v) is 8.39. The number of aryl methyl sites for hydroxylation is 1. The maximum atomic E-state index is 13.4. The summed E-state index contributed by atoms with van der Waals surface area (Å²) < 4.78 is 33.6. The summed E-state index contributed by atoms with van der Waals surface area (Å²) in [6, 6.07) is 3.87. The number of likely N-dealkylation sites (tertiary alicyclic amines) is 1. The quantitative estimate of drug-likeness (QED) is 0.720. The van der Waals surface area contributed by atoms with E-state index >= 15 is 0 Å². The van der Waals surface area contributed by atoms with E-state index in [9.17, 15) is 13.2 Å². The molecule has 0 N–H and O–H groups in total. The molecule has 1 unspecified atom stereocenters. The minimum Gasteiger partial charge on any atom is -0.355 e. The molecule has 9 heteroatoms. The van der Waals surface area contributed by atoms with Gasteiger partial charge in [-0.2, -0.15) is 4.31 Å². The lowest BCUT2D eigenvalue weighted by Gasteiger charge is -2.33. The number of piperidine rings is 1. The van der Waals surface area contributed by atoms with Gasteiger partial charge in [0, 0.05) is 31.1 Å². The van der Waals surface area contributed by atoms with E-state index < -0.39 is 10.0 Å². The van der Waals surface area contributed by atoms with E-state index in [1.165, 1.54) is 4.31 Å². The van der Waals surface area contributed by atoms with Crippen LogP contribution in [0.2, 0.25) is 0 Å². The summed E-state index contributed by atoms with van der Waals surface area (Å²) in [6.07, 6.45) is 6.93. The van der Waals surface area contributed by atoms with Gasteiger partial charge in [0.1, 0.15) is 5.69 Å². The van der Waals surface area contributed by atoms with Gasteiger partial charge in [0.15, 0.2) is 10.7 Å². The summed E-state index contributed by atoms with van der Waals surface area (Å²) >= 11 is 1.55. The van der Waals surface area contributed by atoms with E-state index in [2.05, 4.69) is 5.16 Å². The second kappa shape index (κ2) is 8.41. The molecule has 0 aromatic carbocycles. The second-order valence-corrected chi connectivity index (χ2v) is 10.4. The number of sulfonamides is 1. The van der Waals surface area contributed by atoms with Crippen molar-refractivity contribution in [3.63, 3.8) is 0 Å². The van der Waals surface area contributed by atoms with Gasteiger partial charge in [-0.15, -0.1) is 11.3 Å². The minimum atomic E-state index is -3.80. The van der Waals surface area contributed by atoms with Gasteiger partial charge < -0.3 is 9.42 Å². The van der Waals surface area contributed by atoms with E-state index in [0.29, 0.717) is 18.7 Å². The van der Waals surface area contributed by atoms with Crippen LogP contribution in [0, 0.1) is 12.8 Å². The normalized spacial score (nSPS) is 21.3. The largest absolute Gasteiger partial charge is 0.355 e. The molecule has 0 saturated carbocycles. The van der Waals surface area contributed by atoms with Gasteiger partial charge in [0.05, 0.1) is 5.92 Å². The number of carbonyl (C=O) groups excluding carboxylic acids is 1. The Morgan fingerprint density at radius 1 is 1.24 bits per heavy atom. The topological polar surface area (TPSA) is 83.7 Å². The molecule has 0 aliphatic carbocycles. The monoisotopic (exact) mass is 435 g/mol. The first-order chi connectivity index (χ1) is 14.0. The first-order valence-corrected chi connectivity index (χ1v) is 12.3. The molecule has 0 spiro atoms. The molecule has 2 fully saturated rings. The Kier molecular flexibility index (Phi) is 5.89. The molecule has 7 nitrogen and oxygen atoms in total. The van der Waals surface area contributed by atoms with Gasteiger partial charge in [0.2, 0.25) is 15.9 Å². The molecule has 2 saturated heterocycles. The van der Waals surface area contributed by atoms with E-state index in [4.69, 9.17) is 4.52 Å². The number of hydrogen-bond acceptors (Lipinski definition) is 6. The van der Waals surface area contributed by atoms with Gasteiger partial charge in [-0.1, -0.05) is 11.2 Å². The van der Waals surface area contributed by atoms with Gasteiger partial charge >= 0.3 is 0 Å². The summed E-state index contributed by atoms with van der Waals surface area (Å²) in [4.78, 5) is 15.8. The predicted molar refractivity (Wildman–Crippen MR) is 112 cm³/mol. The van der Waals surface area contributed by atoms with Crippen molar-refractivity contribution in [2.75, 3.05) is 26.2 Å². The first kappa shape index (κ1) is 20.3. The zero-order valence-electron chi connectivity index (χ0n) is 16.4. The summed E-state index contributed by atoms with van der Waals surface area (Å²) in [7, 11) is -3.80. The Labute approximate surface area is 175 Å². The average molecular weight is 436 g/mol. The molecular formula is C20H25N3O4S2. The molecule has 1 amide bonds. The predicted octanol–water partition coefficient (Wildman–Crippen LogP) is 3.24. The van der Waals surface area contributed by atoms with Crippen molar-refractivity contribution in [1.82, 2.24) is 14.4 Å². The van der Waals surface area contributed by atoms with Crippen molar-refractivity contribution >= 4 is 39.4 Å². The van der Waals surface area contributed by atoms with Crippen LogP contribution in [0.5, 0.6) is 0 Å². The SMILES string of the molecule is Cc1noc(/C=C/c2cccs2)c1S(=O)(=O)N1CCCC(C(=O)N2CCCC2)C1. The van der Waals surface area contributed by atoms with Gasteiger partial charge in [0.25, 0.3) is 0 Å². The fourth-order valence-corrected chi connectivity index (χ4v) is 6.42. The smallest absolute Gasteiger partial charge is 0.248 e. The molecule has 2 aromatic heterocycles. The number of amides is 1. The lowest BCUT2D eigenvalue weighted by atomic mass is 9.98. The van der Waals surface area contributed by atoms with Gasteiger partial charge in [-0.25, -0.2) is 8.42 Å². The zero-order valence-corrected chi connectivity index (χ0v) is 18.0. The Morgan fingerprint density at radius 3 is 2.76 bits per heavy atom. The zero-order chi connectivity index (χ0) is 20.4. The maximum absolute atomic E-state index is 13.4. The minimum absolute atomic E-state index is 0.0854. The fourth-order valence-electron chi connectivity index (χ4n) is 4.03. The molecule has 4 heterocycles. The Morgan fingerprint density at radius 2 is 2.03 bits per heavy atom. The number of rotatable bonds is 5. The number of aromatic nitrogens is 1. The third kappa shape index (κ3) is 4.17. The van der Waals surface area contributed by atoms with Crippen LogP contribution in [0.3, 0.4) is 0 Å². The molecule has 29 heavy (non-hydrogen) atoms. The summed E-state index contributed by atoms with van der Waals surface area (Å²) in [5, 5.41) is 5.84. The molecule has 0 radical (unpaired) electrons. The molecule has 2 aliphatic rings. The van der Waals surface area contributed by atoms with Crippen molar-refractivity contribution in [1.29, 1.82) is 0 Å². The van der Waals surface area contributed by atoms with Crippen LogP contribution >= 0.6 is 11.3 Å². The third-order valence-electron chi connectivity index (χ3n) is 5.52. The van der Waals surface area contributed by atoms with Crippen LogP contribution in [0.25, 0.3) is 12.2 Å². The van der Waals surface area contributed by atoms with Crippen LogP contribution in [-0.4, -0.2) is 54.9 Å². The highest BCUT2D eigenvalue weighted by atomic mass is 32.2. The molecule has 1 atom stereocenters. The van der Waals surface area contributed by atoms with Crippen molar-refractivity contribution in [3.8, 4) is 0 Å². The van der Waals surface area contributed by atoms with Crippen molar-refractivity contribution in [2.45, 2.75) is 37.5 Å². The lowest BCUT2D eigenvalue weighted by molar-refractivity contribution is -0.135. The van der Waals surface area contributed by atoms with Crippen molar-refractivity contribution in [2.24, 2.45) is 5.92 Å². The molecule has 2 aliphatic heterocycles. The van der Waals surface area contributed by atoms with Crippen molar-refractivity contribution < 1.29 is 17.7 Å². The van der Waals surface area contributed by atoms with Crippen LogP contribution in [-0.2, 0) is 14.8 Å². The highest BCUT2D eigenvalue weighted by Gasteiger charge is 2.38.